The van der Waals surface area contributed by atoms with Crippen LogP contribution in [0.3, 0.4) is 0 Å². The van der Waals surface area contributed by atoms with Gasteiger partial charge >= 0.3 is 0 Å². The number of hydrogen-bond acceptors (Lipinski definition) is 3. The fourth-order valence-electron chi connectivity index (χ4n) is 2.55. The number of anilines is 1. The number of halogens is 1. The molecule has 0 aliphatic carbocycles. The van der Waals surface area contributed by atoms with Crippen molar-refractivity contribution in [2.45, 2.75) is 25.9 Å². The van der Waals surface area contributed by atoms with Crippen molar-refractivity contribution in [1.29, 1.82) is 0 Å². The van der Waals surface area contributed by atoms with Gasteiger partial charge in [-0.1, -0.05) is 0 Å². The van der Waals surface area contributed by atoms with Crippen molar-refractivity contribution in [2.75, 3.05) is 18.0 Å². The second-order valence-electron chi connectivity index (χ2n) is 5.04. The Bertz CT molecular complexity index is 469. The van der Waals surface area contributed by atoms with Crippen LogP contribution in [0.25, 0.3) is 0 Å². The van der Waals surface area contributed by atoms with Crippen LogP contribution < -0.4 is 10.6 Å². The van der Waals surface area contributed by atoms with E-state index in [1.165, 1.54) is 12.1 Å². The largest absolute Gasteiger partial charge is 0.389 e. The summed E-state index contributed by atoms with van der Waals surface area (Å²) >= 11 is 0. The molecular weight excluding hydrogens is 247 g/mol. The van der Waals surface area contributed by atoms with Crippen molar-refractivity contribution in [1.82, 2.24) is 0 Å². The van der Waals surface area contributed by atoms with Crippen molar-refractivity contribution in [3.63, 3.8) is 0 Å². The van der Waals surface area contributed by atoms with Gasteiger partial charge in [-0.2, -0.15) is 0 Å². The Labute approximate surface area is 112 Å². The third-order valence-corrected chi connectivity index (χ3v) is 3.68. The first-order valence-electron chi connectivity index (χ1n) is 6.51. The summed E-state index contributed by atoms with van der Waals surface area (Å²) in [6, 6.07) is 4.43. The SMILES string of the molecule is C[C@@H](O)c1cc(F)ccc1N1CCC(C(N)=O)CC1. The van der Waals surface area contributed by atoms with Gasteiger partial charge in [-0.15, -0.1) is 0 Å². The number of aliphatic hydroxyl groups excluding tert-OH is 1. The molecular formula is C14H19FN2O2. The molecule has 0 aromatic heterocycles. The van der Waals surface area contributed by atoms with E-state index < -0.39 is 6.10 Å². The standard InChI is InChI=1S/C14H19FN2O2/c1-9(18)12-8-11(15)2-3-13(12)17-6-4-10(5-7-17)14(16)19/h2-3,8-10,18H,4-7H2,1H3,(H2,16,19)/t9-/m1/s1. The van der Waals surface area contributed by atoms with Gasteiger partial charge in [0.05, 0.1) is 6.10 Å². The number of nitrogens with two attached hydrogens (primary N) is 1. The Kier molecular flexibility index (Phi) is 4.04. The number of carbonyl (C=O) groups excluding carboxylic acids is 1. The van der Waals surface area contributed by atoms with E-state index in [9.17, 15) is 14.3 Å². The van der Waals surface area contributed by atoms with Crippen LogP contribution in [0.4, 0.5) is 10.1 Å². The normalized spacial score (nSPS) is 18.4. The minimum atomic E-state index is -0.723. The molecule has 1 heterocycles. The quantitative estimate of drug-likeness (QED) is 0.873. The summed E-state index contributed by atoms with van der Waals surface area (Å²) in [7, 11) is 0. The third kappa shape index (κ3) is 3.04. The maximum atomic E-state index is 13.3. The molecule has 1 aliphatic rings. The van der Waals surface area contributed by atoms with E-state index >= 15 is 0 Å². The molecule has 1 amide bonds. The second-order valence-corrected chi connectivity index (χ2v) is 5.04. The van der Waals surface area contributed by atoms with Gasteiger partial charge in [0.1, 0.15) is 5.82 Å². The van der Waals surface area contributed by atoms with Crippen molar-refractivity contribution in [3.05, 3.63) is 29.6 Å². The van der Waals surface area contributed by atoms with Gasteiger partial charge in [0.2, 0.25) is 5.91 Å². The Balaban J connectivity index is 2.17. The lowest BCUT2D eigenvalue weighted by atomic mass is 9.95. The number of benzene rings is 1. The van der Waals surface area contributed by atoms with Gasteiger partial charge in [-0.25, -0.2) is 4.39 Å². The average molecular weight is 266 g/mol. The number of aliphatic hydroxyl groups is 1. The van der Waals surface area contributed by atoms with Crippen LogP contribution in [0.2, 0.25) is 0 Å². The fraction of sp³-hybridized carbons (Fsp3) is 0.500. The molecule has 19 heavy (non-hydrogen) atoms. The van der Waals surface area contributed by atoms with Gasteiger partial charge < -0.3 is 15.7 Å². The molecule has 0 spiro atoms. The summed E-state index contributed by atoms with van der Waals surface area (Å²) in [6.07, 6.45) is 0.678. The number of primary amides is 1. The fourth-order valence-corrected chi connectivity index (χ4v) is 2.55. The van der Waals surface area contributed by atoms with Crippen LogP contribution in [-0.2, 0) is 4.79 Å². The number of hydrogen-bond donors (Lipinski definition) is 2. The second kappa shape index (κ2) is 5.57. The summed E-state index contributed by atoms with van der Waals surface area (Å²) < 4.78 is 13.3. The van der Waals surface area contributed by atoms with Crippen molar-refractivity contribution < 1.29 is 14.3 Å². The highest BCUT2D eigenvalue weighted by Gasteiger charge is 2.25. The lowest BCUT2D eigenvalue weighted by Crippen LogP contribution is -2.39. The maximum Gasteiger partial charge on any atom is 0.220 e. The third-order valence-electron chi connectivity index (χ3n) is 3.68. The van der Waals surface area contributed by atoms with Gasteiger partial charge in [0.25, 0.3) is 0 Å². The first-order valence-corrected chi connectivity index (χ1v) is 6.51. The zero-order chi connectivity index (χ0) is 14.0. The Morgan fingerprint density at radius 2 is 2.11 bits per heavy atom. The first kappa shape index (κ1) is 13.8. The molecule has 5 heteroatoms. The van der Waals surface area contributed by atoms with E-state index in [-0.39, 0.29) is 17.6 Å². The van der Waals surface area contributed by atoms with Crippen LogP contribution >= 0.6 is 0 Å². The minimum absolute atomic E-state index is 0.0771. The van der Waals surface area contributed by atoms with Gasteiger partial charge in [-0.3, -0.25) is 4.79 Å². The monoisotopic (exact) mass is 266 g/mol. The van der Waals surface area contributed by atoms with Crippen LogP contribution in [0.5, 0.6) is 0 Å². The summed E-state index contributed by atoms with van der Waals surface area (Å²) in [5, 5.41) is 9.73. The highest BCUT2D eigenvalue weighted by atomic mass is 19.1. The topological polar surface area (TPSA) is 66.6 Å². The van der Waals surface area contributed by atoms with E-state index in [2.05, 4.69) is 4.90 Å². The first-order chi connectivity index (χ1) is 8.99. The molecule has 0 saturated carbocycles. The number of amides is 1. The Hall–Kier alpha value is -1.62. The zero-order valence-corrected chi connectivity index (χ0v) is 11.0. The van der Waals surface area contributed by atoms with Crippen molar-refractivity contribution in [2.24, 2.45) is 11.7 Å². The molecule has 3 N–H and O–H groups in total. The molecule has 1 aromatic carbocycles. The number of piperidine rings is 1. The summed E-state index contributed by atoms with van der Waals surface area (Å²) in [6.45, 7) is 3.01. The molecule has 104 valence electrons. The predicted molar refractivity (Wildman–Crippen MR) is 71.2 cm³/mol. The van der Waals surface area contributed by atoms with Gasteiger partial charge in [0.15, 0.2) is 0 Å². The van der Waals surface area contributed by atoms with Gasteiger partial charge in [0, 0.05) is 30.3 Å². The smallest absolute Gasteiger partial charge is 0.220 e. The maximum absolute atomic E-state index is 13.3. The molecule has 0 unspecified atom stereocenters. The Morgan fingerprint density at radius 3 is 2.63 bits per heavy atom. The Morgan fingerprint density at radius 1 is 1.47 bits per heavy atom. The van der Waals surface area contributed by atoms with Crippen molar-refractivity contribution >= 4 is 11.6 Å². The highest BCUT2D eigenvalue weighted by molar-refractivity contribution is 5.77. The van der Waals surface area contributed by atoms with Crippen LogP contribution in [0.1, 0.15) is 31.4 Å². The predicted octanol–water partition coefficient (Wildman–Crippen LogP) is 1.58. The molecule has 0 radical (unpaired) electrons. The number of rotatable bonds is 3. The molecule has 1 aromatic rings. The van der Waals surface area contributed by atoms with Crippen LogP contribution in [0, 0.1) is 11.7 Å². The van der Waals surface area contributed by atoms with E-state index in [1.807, 2.05) is 0 Å². The van der Waals surface area contributed by atoms with Gasteiger partial charge in [-0.05, 0) is 38.0 Å². The van der Waals surface area contributed by atoms with E-state index in [0.717, 1.165) is 5.69 Å². The summed E-state index contributed by atoms with van der Waals surface area (Å²) in [5.74, 6) is -0.687. The molecule has 2 rings (SSSR count). The van der Waals surface area contributed by atoms with E-state index in [4.69, 9.17) is 5.73 Å². The summed E-state index contributed by atoms with van der Waals surface area (Å²) in [5.41, 5.74) is 6.72. The molecule has 1 fully saturated rings. The molecule has 1 aliphatic heterocycles. The number of carbonyl (C=O) groups is 1. The number of nitrogens with zero attached hydrogens (tertiary/aromatic N) is 1. The van der Waals surface area contributed by atoms with E-state index in [1.54, 1.807) is 13.0 Å². The minimum Gasteiger partial charge on any atom is -0.389 e. The van der Waals surface area contributed by atoms with E-state index in [0.29, 0.717) is 31.5 Å². The van der Waals surface area contributed by atoms with Crippen molar-refractivity contribution in [3.8, 4) is 0 Å². The zero-order valence-electron chi connectivity index (χ0n) is 11.0. The lowest BCUT2D eigenvalue weighted by molar-refractivity contribution is -0.122. The molecule has 4 nitrogen and oxygen atoms in total. The average Bonchev–Trinajstić information content (AvgIpc) is 2.38. The lowest BCUT2D eigenvalue weighted by Gasteiger charge is -2.34. The highest BCUT2D eigenvalue weighted by Crippen LogP contribution is 2.30. The molecule has 1 atom stereocenters. The molecule has 0 bridgehead atoms. The molecule has 1 saturated heterocycles. The van der Waals surface area contributed by atoms with Crippen LogP contribution in [0.15, 0.2) is 18.2 Å². The summed E-state index contributed by atoms with van der Waals surface area (Å²) in [4.78, 5) is 13.2. The van der Waals surface area contributed by atoms with Crippen LogP contribution in [-0.4, -0.2) is 24.1 Å².